The van der Waals surface area contributed by atoms with E-state index in [1.807, 2.05) is 0 Å². The quantitative estimate of drug-likeness (QED) is 0.611. The fraction of sp³-hybridized carbons (Fsp3) is 0.500. The summed E-state index contributed by atoms with van der Waals surface area (Å²) in [5.41, 5.74) is 0. The van der Waals surface area contributed by atoms with Gasteiger partial charge in [0.2, 0.25) is 6.29 Å². The van der Waals surface area contributed by atoms with E-state index in [4.69, 9.17) is 26.2 Å². The normalized spacial score (nSPS) is 34.0. The van der Waals surface area contributed by atoms with Crippen LogP contribution in [0.3, 0.4) is 0 Å². The first kappa shape index (κ1) is 16.0. The Morgan fingerprint density at radius 3 is 2.50 bits per heavy atom. The predicted molar refractivity (Wildman–Crippen MR) is 73.5 cm³/mol. The summed E-state index contributed by atoms with van der Waals surface area (Å²) in [6, 6.07) is 4.85. The molecule has 6 nitrogen and oxygen atoms in total. The van der Waals surface area contributed by atoms with Crippen LogP contribution in [0.1, 0.15) is 0 Å². The number of aliphatic hydroxyl groups excluding tert-OH is 4. The highest BCUT2D eigenvalue weighted by molar-refractivity contribution is 9.10. The third kappa shape index (κ3) is 3.25. The van der Waals surface area contributed by atoms with Gasteiger partial charge in [-0.25, -0.2) is 0 Å². The first-order chi connectivity index (χ1) is 9.43. The first-order valence-electron chi connectivity index (χ1n) is 5.86. The Bertz CT molecular complexity index is 471. The van der Waals surface area contributed by atoms with E-state index >= 15 is 0 Å². The second kappa shape index (κ2) is 6.57. The van der Waals surface area contributed by atoms with Crippen molar-refractivity contribution < 1.29 is 29.9 Å². The molecule has 1 heterocycles. The molecular formula is C12H14BrClO6. The summed E-state index contributed by atoms with van der Waals surface area (Å²) in [6.45, 7) is -0.515. The lowest BCUT2D eigenvalue weighted by Gasteiger charge is -2.39. The summed E-state index contributed by atoms with van der Waals surface area (Å²) >= 11 is 9.22. The van der Waals surface area contributed by atoms with E-state index in [1.165, 1.54) is 0 Å². The maximum Gasteiger partial charge on any atom is 0.229 e. The van der Waals surface area contributed by atoms with E-state index in [2.05, 4.69) is 15.9 Å². The highest BCUT2D eigenvalue weighted by Crippen LogP contribution is 2.31. The molecule has 1 aromatic rings. The maximum absolute atomic E-state index is 9.83. The van der Waals surface area contributed by atoms with Crippen molar-refractivity contribution in [1.82, 2.24) is 0 Å². The van der Waals surface area contributed by atoms with Gasteiger partial charge in [-0.3, -0.25) is 0 Å². The molecule has 0 saturated carbocycles. The van der Waals surface area contributed by atoms with Crippen molar-refractivity contribution in [3.63, 3.8) is 0 Å². The van der Waals surface area contributed by atoms with Crippen molar-refractivity contribution in [3.05, 3.63) is 27.7 Å². The van der Waals surface area contributed by atoms with Gasteiger partial charge in [0.05, 0.1) is 11.6 Å². The maximum atomic E-state index is 9.83. The van der Waals surface area contributed by atoms with Gasteiger partial charge in [0, 0.05) is 4.47 Å². The summed E-state index contributed by atoms with van der Waals surface area (Å²) in [5.74, 6) is 0.249. The van der Waals surface area contributed by atoms with Crippen molar-refractivity contribution in [2.45, 2.75) is 30.7 Å². The molecule has 1 aromatic carbocycles. The van der Waals surface area contributed by atoms with Gasteiger partial charge in [-0.1, -0.05) is 27.5 Å². The third-order valence-electron chi connectivity index (χ3n) is 2.99. The van der Waals surface area contributed by atoms with Crippen LogP contribution in [0.15, 0.2) is 22.7 Å². The molecule has 0 aliphatic carbocycles. The first-order valence-corrected chi connectivity index (χ1v) is 7.03. The molecule has 1 aliphatic rings. The zero-order valence-electron chi connectivity index (χ0n) is 10.2. The van der Waals surface area contributed by atoms with Crippen LogP contribution < -0.4 is 4.74 Å². The van der Waals surface area contributed by atoms with E-state index in [0.717, 1.165) is 4.47 Å². The lowest BCUT2D eigenvalue weighted by molar-refractivity contribution is -0.277. The molecule has 1 saturated heterocycles. The molecule has 0 aromatic heterocycles. The molecule has 8 heteroatoms. The highest BCUT2D eigenvalue weighted by atomic mass is 79.9. The SMILES string of the molecule is OCC1OC(Oc2ccc(Br)cc2Cl)C(O)C(O)C1O. The number of ether oxygens (including phenoxy) is 2. The summed E-state index contributed by atoms with van der Waals surface area (Å²) in [4.78, 5) is 0. The Morgan fingerprint density at radius 2 is 1.90 bits per heavy atom. The van der Waals surface area contributed by atoms with Crippen LogP contribution in [-0.2, 0) is 4.74 Å². The molecule has 0 bridgehead atoms. The second-order valence-electron chi connectivity index (χ2n) is 4.39. The minimum atomic E-state index is -1.49. The number of halogens is 2. The van der Waals surface area contributed by atoms with E-state index in [-0.39, 0.29) is 10.8 Å². The molecule has 1 aliphatic heterocycles. The lowest BCUT2D eigenvalue weighted by atomic mass is 9.99. The van der Waals surface area contributed by atoms with Crippen LogP contribution in [-0.4, -0.2) is 57.7 Å². The number of rotatable bonds is 3. The van der Waals surface area contributed by atoms with Crippen molar-refractivity contribution in [1.29, 1.82) is 0 Å². The molecule has 112 valence electrons. The summed E-state index contributed by atoms with van der Waals surface area (Å²) in [7, 11) is 0. The largest absolute Gasteiger partial charge is 0.460 e. The van der Waals surface area contributed by atoms with Gasteiger partial charge < -0.3 is 29.9 Å². The minimum absolute atomic E-state index is 0.249. The Hall–Kier alpha value is -0.410. The standard InChI is InChI=1S/C12H14BrClO6/c13-5-1-2-7(6(14)3-5)19-12-11(18)10(17)9(16)8(4-15)20-12/h1-3,8-12,15-18H,4H2. The molecule has 20 heavy (non-hydrogen) atoms. The molecule has 0 radical (unpaired) electrons. The molecular weight excluding hydrogens is 355 g/mol. The molecule has 4 N–H and O–H groups in total. The van der Waals surface area contributed by atoms with Gasteiger partial charge in [-0.05, 0) is 18.2 Å². The molecule has 2 rings (SSSR count). The van der Waals surface area contributed by atoms with Gasteiger partial charge in [0.15, 0.2) is 0 Å². The smallest absolute Gasteiger partial charge is 0.229 e. The second-order valence-corrected chi connectivity index (χ2v) is 5.71. The minimum Gasteiger partial charge on any atom is -0.460 e. The Labute approximate surface area is 128 Å². The zero-order valence-corrected chi connectivity index (χ0v) is 12.5. The molecule has 0 amide bonds. The van der Waals surface area contributed by atoms with Crippen molar-refractivity contribution in [2.24, 2.45) is 0 Å². The Kier molecular flexibility index (Phi) is 5.25. The van der Waals surface area contributed by atoms with Crippen molar-refractivity contribution >= 4 is 27.5 Å². The van der Waals surface area contributed by atoms with Crippen molar-refractivity contribution in [2.75, 3.05) is 6.61 Å². The lowest BCUT2D eigenvalue weighted by Crippen LogP contribution is -2.60. The summed E-state index contributed by atoms with van der Waals surface area (Å²) in [6.07, 6.45) is -6.64. The molecule has 5 atom stereocenters. The van der Waals surface area contributed by atoms with E-state index in [0.29, 0.717) is 0 Å². The van der Waals surface area contributed by atoms with Crippen molar-refractivity contribution in [3.8, 4) is 5.75 Å². The summed E-state index contributed by atoms with van der Waals surface area (Å²) < 4.78 is 11.4. The topological polar surface area (TPSA) is 99.4 Å². The third-order valence-corrected chi connectivity index (χ3v) is 3.77. The number of benzene rings is 1. The van der Waals surface area contributed by atoms with Gasteiger partial charge in [-0.2, -0.15) is 0 Å². The fourth-order valence-electron chi connectivity index (χ4n) is 1.86. The highest BCUT2D eigenvalue weighted by Gasteiger charge is 2.44. The predicted octanol–water partition coefficient (Wildman–Crippen LogP) is 0.281. The van der Waals surface area contributed by atoms with Gasteiger partial charge in [0.25, 0.3) is 0 Å². The Balaban J connectivity index is 2.15. The van der Waals surface area contributed by atoms with Crippen LogP contribution in [0.2, 0.25) is 5.02 Å². The van der Waals surface area contributed by atoms with E-state index < -0.39 is 37.3 Å². The van der Waals surface area contributed by atoms with Crippen LogP contribution in [0, 0.1) is 0 Å². The fourth-order valence-corrected chi connectivity index (χ4v) is 2.58. The number of hydrogen-bond acceptors (Lipinski definition) is 6. The average Bonchev–Trinajstić information content (AvgIpc) is 2.42. The zero-order chi connectivity index (χ0) is 14.9. The van der Waals surface area contributed by atoms with Crippen LogP contribution >= 0.6 is 27.5 Å². The monoisotopic (exact) mass is 368 g/mol. The number of hydrogen-bond donors (Lipinski definition) is 4. The van der Waals surface area contributed by atoms with E-state index in [1.54, 1.807) is 18.2 Å². The van der Waals surface area contributed by atoms with Gasteiger partial charge in [-0.15, -0.1) is 0 Å². The molecule has 1 fully saturated rings. The van der Waals surface area contributed by atoms with Crippen LogP contribution in [0.25, 0.3) is 0 Å². The average molecular weight is 370 g/mol. The van der Waals surface area contributed by atoms with Crippen LogP contribution in [0.5, 0.6) is 5.75 Å². The van der Waals surface area contributed by atoms with E-state index in [9.17, 15) is 15.3 Å². The van der Waals surface area contributed by atoms with Gasteiger partial charge >= 0.3 is 0 Å². The Morgan fingerprint density at radius 1 is 1.20 bits per heavy atom. The summed E-state index contributed by atoms with van der Waals surface area (Å²) in [5, 5.41) is 38.5. The number of aliphatic hydroxyl groups is 4. The van der Waals surface area contributed by atoms with Gasteiger partial charge in [0.1, 0.15) is 30.2 Å². The van der Waals surface area contributed by atoms with Crippen LogP contribution in [0.4, 0.5) is 0 Å². The molecule has 0 spiro atoms. The molecule has 5 unspecified atom stereocenters.